The van der Waals surface area contributed by atoms with Gasteiger partial charge in [0.25, 0.3) is 0 Å². The van der Waals surface area contributed by atoms with E-state index in [0.717, 1.165) is 5.03 Å². The number of aromatic nitrogens is 2. The summed E-state index contributed by atoms with van der Waals surface area (Å²) in [5, 5.41) is 0.740. The molecule has 2 N–H and O–H groups in total. The van der Waals surface area contributed by atoms with E-state index in [0.29, 0.717) is 0 Å². The molecule has 0 saturated carbocycles. The number of carbonyl (C=O) groups excluding carboxylic acids is 1. The molecule has 0 aliphatic heterocycles. The van der Waals surface area contributed by atoms with Gasteiger partial charge < -0.3 is 4.74 Å². The molecule has 0 aromatic carbocycles. The lowest BCUT2D eigenvalue weighted by molar-refractivity contribution is -0.140. The van der Waals surface area contributed by atoms with Gasteiger partial charge in [0, 0.05) is 6.20 Å². The quantitative estimate of drug-likeness (QED) is 0.319. The van der Waals surface area contributed by atoms with Gasteiger partial charge in [-0.25, -0.2) is 9.97 Å². The number of hydrogen-bond acceptors (Lipinski definition) is 6. The normalized spacial score (nSPS) is 9.62. The largest absolute Gasteiger partial charge is 0.449 e. The first-order chi connectivity index (χ1) is 6.33. The van der Waals surface area contributed by atoms with Crippen LogP contribution < -0.4 is 5.73 Å². The number of esters is 1. The van der Waals surface area contributed by atoms with Crippen molar-refractivity contribution < 1.29 is 9.53 Å². The first-order valence-electron chi connectivity index (χ1n) is 3.57. The van der Waals surface area contributed by atoms with Gasteiger partial charge in [-0.2, -0.15) is 0 Å². The van der Waals surface area contributed by atoms with E-state index >= 15 is 0 Å². The lowest BCUT2D eigenvalue weighted by Crippen LogP contribution is -2.13. The number of hydrogen-bond donors (Lipinski definition) is 1. The summed E-state index contributed by atoms with van der Waals surface area (Å²) in [4.78, 5) is 18.5. The lowest BCUT2D eigenvalue weighted by atomic mass is 10.7. The van der Waals surface area contributed by atoms with Crippen LogP contribution in [0.25, 0.3) is 0 Å². The zero-order valence-corrected chi connectivity index (χ0v) is 7.66. The summed E-state index contributed by atoms with van der Waals surface area (Å²) in [5.41, 5.74) is 5.02. The monoisotopic (exact) mass is 199 g/mol. The van der Waals surface area contributed by atoms with Crippen molar-refractivity contribution in [2.24, 2.45) is 5.73 Å². The highest BCUT2D eigenvalue weighted by molar-refractivity contribution is 7.99. The molecule has 1 aromatic heterocycles. The topological polar surface area (TPSA) is 78.1 Å². The highest BCUT2D eigenvalue weighted by Crippen LogP contribution is 2.12. The molecule has 1 heterocycles. The molecule has 0 unspecified atom stereocenters. The average Bonchev–Trinajstić information content (AvgIpc) is 2.17. The second kappa shape index (κ2) is 5.50. The molecule has 6 heteroatoms. The summed E-state index contributed by atoms with van der Waals surface area (Å²) in [6, 6.07) is 1.72. The van der Waals surface area contributed by atoms with E-state index in [1.54, 1.807) is 12.3 Å². The molecule has 0 atom stereocenters. The highest BCUT2D eigenvalue weighted by Gasteiger charge is 2.02. The van der Waals surface area contributed by atoms with Crippen molar-refractivity contribution in [3.63, 3.8) is 0 Å². The molecular weight excluding hydrogens is 190 g/mol. The molecule has 0 saturated heterocycles. The Labute approximate surface area is 79.7 Å². The standard InChI is InChI=1S/C7H9N3O2S/c8-4-12-7(11)3-13-6-1-2-9-5-10-6/h1-2,5H,3-4,8H2. The Hall–Kier alpha value is -1.14. The molecule has 0 amide bonds. The van der Waals surface area contributed by atoms with Crippen molar-refractivity contribution >= 4 is 17.7 Å². The van der Waals surface area contributed by atoms with Gasteiger partial charge in [-0.05, 0) is 6.07 Å². The molecule has 13 heavy (non-hydrogen) atoms. The molecule has 0 aliphatic rings. The van der Waals surface area contributed by atoms with Crippen LogP contribution in [0.5, 0.6) is 0 Å². The second-order valence-electron chi connectivity index (χ2n) is 2.02. The molecular formula is C7H9N3O2S. The van der Waals surface area contributed by atoms with E-state index in [9.17, 15) is 4.79 Å². The van der Waals surface area contributed by atoms with E-state index < -0.39 is 0 Å². The smallest absolute Gasteiger partial charge is 0.317 e. The van der Waals surface area contributed by atoms with Crippen LogP contribution in [0.2, 0.25) is 0 Å². The second-order valence-corrected chi connectivity index (χ2v) is 3.01. The SMILES string of the molecule is NCOC(=O)CSc1ccncn1. The summed E-state index contributed by atoms with van der Waals surface area (Å²) < 4.78 is 4.54. The van der Waals surface area contributed by atoms with Gasteiger partial charge in [0.2, 0.25) is 0 Å². The fraction of sp³-hybridized carbons (Fsp3) is 0.286. The maximum absolute atomic E-state index is 10.8. The van der Waals surface area contributed by atoms with Crippen molar-refractivity contribution in [3.8, 4) is 0 Å². The number of nitrogens with zero attached hydrogens (tertiary/aromatic N) is 2. The Morgan fingerprint density at radius 1 is 1.69 bits per heavy atom. The van der Waals surface area contributed by atoms with Gasteiger partial charge >= 0.3 is 5.97 Å². The van der Waals surface area contributed by atoms with E-state index in [2.05, 4.69) is 14.7 Å². The van der Waals surface area contributed by atoms with Crippen LogP contribution in [-0.4, -0.2) is 28.4 Å². The summed E-state index contributed by atoms with van der Waals surface area (Å²) in [6.45, 7) is -0.0802. The van der Waals surface area contributed by atoms with E-state index in [1.165, 1.54) is 18.1 Å². The minimum absolute atomic E-state index is 0.0802. The van der Waals surface area contributed by atoms with Gasteiger partial charge in [0.05, 0.1) is 10.8 Å². The molecule has 1 rings (SSSR count). The molecule has 0 aliphatic carbocycles. The molecule has 0 spiro atoms. The summed E-state index contributed by atoms with van der Waals surface area (Å²) in [5.74, 6) is -0.125. The summed E-state index contributed by atoms with van der Waals surface area (Å²) >= 11 is 1.29. The number of rotatable bonds is 4. The van der Waals surface area contributed by atoms with Gasteiger partial charge in [-0.3, -0.25) is 10.5 Å². The van der Waals surface area contributed by atoms with Crippen LogP contribution in [-0.2, 0) is 9.53 Å². The predicted molar refractivity (Wildman–Crippen MR) is 47.9 cm³/mol. The summed E-state index contributed by atoms with van der Waals surface area (Å²) in [6.07, 6.45) is 3.04. The third kappa shape index (κ3) is 3.86. The fourth-order valence-corrected chi connectivity index (χ4v) is 1.26. The fourth-order valence-electron chi connectivity index (χ4n) is 0.631. The van der Waals surface area contributed by atoms with Crippen molar-refractivity contribution in [1.82, 2.24) is 9.97 Å². The Kier molecular flexibility index (Phi) is 4.20. The average molecular weight is 199 g/mol. The maximum atomic E-state index is 10.8. The van der Waals surface area contributed by atoms with Crippen molar-refractivity contribution in [1.29, 1.82) is 0 Å². The van der Waals surface area contributed by atoms with E-state index in [-0.39, 0.29) is 18.5 Å². The van der Waals surface area contributed by atoms with Crippen LogP contribution in [0, 0.1) is 0 Å². The summed E-state index contributed by atoms with van der Waals surface area (Å²) in [7, 11) is 0. The Balaban J connectivity index is 2.31. The number of nitrogens with two attached hydrogens (primary N) is 1. The Bertz CT molecular complexity index is 268. The maximum Gasteiger partial charge on any atom is 0.317 e. The van der Waals surface area contributed by atoms with Gasteiger partial charge in [0.1, 0.15) is 13.1 Å². The van der Waals surface area contributed by atoms with Crippen LogP contribution >= 0.6 is 11.8 Å². The zero-order chi connectivity index (χ0) is 9.52. The number of thioether (sulfide) groups is 1. The molecule has 1 aromatic rings. The Morgan fingerprint density at radius 3 is 3.15 bits per heavy atom. The predicted octanol–water partition coefficient (Wildman–Crippen LogP) is 0.0281. The third-order valence-corrected chi connectivity index (χ3v) is 2.05. The van der Waals surface area contributed by atoms with Gasteiger partial charge in [0.15, 0.2) is 0 Å². The third-order valence-electron chi connectivity index (χ3n) is 1.14. The van der Waals surface area contributed by atoms with E-state index in [4.69, 9.17) is 5.73 Å². The first kappa shape index (κ1) is 9.94. The number of ether oxygens (including phenoxy) is 1. The minimum atomic E-state index is -0.342. The molecule has 70 valence electrons. The first-order valence-corrected chi connectivity index (χ1v) is 4.56. The van der Waals surface area contributed by atoms with E-state index in [1.807, 2.05) is 0 Å². The molecule has 5 nitrogen and oxygen atoms in total. The van der Waals surface area contributed by atoms with Crippen LogP contribution in [0.3, 0.4) is 0 Å². The minimum Gasteiger partial charge on any atom is -0.449 e. The van der Waals surface area contributed by atoms with Gasteiger partial charge in [-0.15, -0.1) is 0 Å². The lowest BCUT2D eigenvalue weighted by Gasteiger charge is -1.99. The van der Waals surface area contributed by atoms with Gasteiger partial charge in [-0.1, -0.05) is 11.8 Å². The number of carbonyl (C=O) groups is 1. The van der Waals surface area contributed by atoms with Crippen molar-refractivity contribution in [2.75, 3.05) is 12.5 Å². The van der Waals surface area contributed by atoms with Crippen LogP contribution in [0.4, 0.5) is 0 Å². The Morgan fingerprint density at radius 2 is 2.54 bits per heavy atom. The highest BCUT2D eigenvalue weighted by atomic mass is 32.2. The molecule has 0 fully saturated rings. The van der Waals surface area contributed by atoms with Crippen molar-refractivity contribution in [3.05, 3.63) is 18.6 Å². The van der Waals surface area contributed by atoms with Crippen molar-refractivity contribution in [2.45, 2.75) is 5.03 Å². The van der Waals surface area contributed by atoms with Crippen LogP contribution in [0.1, 0.15) is 0 Å². The van der Waals surface area contributed by atoms with Crippen LogP contribution in [0.15, 0.2) is 23.6 Å². The molecule has 0 radical (unpaired) electrons. The zero-order valence-electron chi connectivity index (χ0n) is 6.84. The molecule has 0 bridgehead atoms.